The minimum absolute atomic E-state index is 0.000551. The van der Waals surface area contributed by atoms with Crippen molar-refractivity contribution in [2.45, 2.75) is 19.1 Å². The molecule has 0 spiro atoms. The van der Waals surface area contributed by atoms with E-state index in [-0.39, 0.29) is 12.7 Å². The Balaban J connectivity index is 2.20. The Labute approximate surface area is 94.5 Å². The van der Waals surface area contributed by atoms with Gasteiger partial charge in [-0.3, -0.25) is 0 Å². The van der Waals surface area contributed by atoms with Crippen LogP contribution in [0.2, 0.25) is 0 Å². The molecule has 0 aromatic heterocycles. The van der Waals surface area contributed by atoms with Gasteiger partial charge in [-0.15, -0.1) is 0 Å². The molecule has 16 heavy (non-hydrogen) atoms. The summed E-state index contributed by atoms with van der Waals surface area (Å²) in [6, 6.07) is 7.94. The molecule has 1 aliphatic heterocycles. The second kappa shape index (κ2) is 5.09. The molecule has 0 amide bonds. The van der Waals surface area contributed by atoms with Crippen LogP contribution in [0.25, 0.3) is 0 Å². The van der Waals surface area contributed by atoms with Gasteiger partial charge in [0.1, 0.15) is 0 Å². The van der Waals surface area contributed by atoms with Crippen molar-refractivity contribution < 1.29 is 14.7 Å². The van der Waals surface area contributed by atoms with Crippen LogP contribution in [-0.4, -0.2) is 30.6 Å². The number of oxime groups is 1. The van der Waals surface area contributed by atoms with E-state index in [2.05, 4.69) is 5.16 Å². The number of nitrogens with zero attached hydrogens (tertiary/aromatic N) is 1. The summed E-state index contributed by atoms with van der Waals surface area (Å²) in [6.07, 6.45) is 0.447. The molecule has 1 aromatic carbocycles. The lowest BCUT2D eigenvalue weighted by molar-refractivity contribution is 0.0390. The minimum atomic E-state index is -0.203. The molecule has 2 rings (SSSR count). The second-order valence-corrected chi connectivity index (χ2v) is 3.74. The summed E-state index contributed by atoms with van der Waals surface area (Å²) >= 11 is 0. The number of hydrogen-bond acceptors (Lipinski definition) is 4. The van der Waals surface area contributed by atoms with Crippen LogP contribution in [0.5, 0.6) is 0 Å². The van der Waals surface area contributed by atoms with Gasteiger partial charge in [0.15, 0.2) is 6.10 Å². The fourth-order valence-corrected chi connectivity index (χ4v) is 1.77. The van der Waals surface area contributed by atoms with Gasteiger partial charge in [-0.2, -0.15) is 0 Å². The van der Waals surface area contributed by atoms with Crippen LogP contribution >= 0.6 is 0 Å². The molecule has 0 radical (unpaired) electrons. The van der Waals surface area contributed by atoms with Crippen molar-refractivity contribution in [3.63, 3.8) is 0 Å². The number of hydrogen-bond donors (Lipinski definition) is 1. The number of aliphatic hydroxyl groups is 1. The van der Waals surface area contributed by atoms with Crippen LogP contribution in [0.1, 0.15) is 17.5 Å². The highest BCUT2D eigenvalue weighted by atomic mass is 16.6. The molecule has 0 bridgehead atoms. The van der Waals surface area contributed by atoms with Crippen molar-refractivity contribution in [1.29, 1.82) is 0 Å². The van der Waals surface area contributed by atoms with Crippen molar-refractivity contribution in [3.8, 4) is 0 Å². The van der Waals surface area contributed by atoms with Gasteiger partial charge in [0.25, 0.3) is 0 Å². The molecule has 1 atom stereocenters. The summed E-state index contributed by atoms with van der Waals surface area (Å²) in [5.41, 5.74) is 3.01. The molecule has 0 fully saturated rings. The van der Waals surface area contributed by atoms with Gasteiger partial charge in [0, 0.05) is 19.1 Å². The molecule has 1 unspecified atom stereocenters. The average Bonchev–Trinajstić information content (AvgIpc) is 2.79. The van der Waals surface area contributed by atoms with Gasteiger partial charge < -0.3 is 14.7 Å². The van der Waals surface area contributed by atoms with E-state index in [1.807, 2.05) is 24.3 Å². The standard InChI is InChI=1S/C12H15NO3/c1-15-8-9-4-2-3-5-11(9)12-6-10(7-14)16-13-12/h2-5,10,14H,6-8H2,1H3. The fraction of sp³-hybridized carbons (Fsp3) is 0.417. The molecule has 0 saturated carbocycles. The molecule has 0 aliphatic carbocycles. The van der Waals surface area contributed by atoms with E-state index in [4.69, 9.17) is 14.7 Å². The Morgan fingerprint density at radius 1 is 1.50 bits per heavy atom. The maximum absolute atomic E-state index is 8.98. The molecule has 1 N–H and O–H groups in total. The van der Waals surface area contributed by atoms with E-state index in [1.165, 1.54) is 0 Å². The van der Waals surface area contributed by atoms with Crippen molar-refractivity contribution in [2.24, 2.45) is 5.16 Å². The molecule has 0 saturated heterocycles. The summed E-state index contributed by atoms with van der Waals surface area (Å²) in [4.78, 5) is 5.10. The lowest BCUT2D eigenvalue weighted by Gasteiger charge is -2.07. The number of ether oxygens (including phenoxy) is 1. The highest BCUT2D eigenvalue weighted by Gasteiger charge is 2.22. The Morgan fingerprint density at radius 2 is 2.31 bits per heavy atom. The molecule has 1 heterocycles. The summed E-state index contributed by atoms with van der Waals surface area (Å²) in [6.45, 7) is 0.554. The number of rotatable bonds is 4. The summed E-state index contributed by atoms with van der Waals surface area (Å²) in [5, 5.41) is 13.0. The Kier molecular flexibility index (Phi) is 3.54. The molecule has 4 heteroatoms. The first kappa shape index (κ1) is 11.1. The van der Waals surface area contributed by atoms with E-state index in [1.54, 1.807) is 7.11 Å². The van der Waals surface area contributed by atoms with Gasteiger partial charge in [-0.05, 0) is 5.56 Å². The fourth-order valence-electron chi connectivity index (χ4n) is 1.77. The third-order valence-electron chi connectivity index (χ3n) is 2.56. The van der Waals surface area contributed by atoms with Gasteiger partial charge in [0.05, 0.1) is 18.9 Å². The van der Waals surface area contributed by atoms with Crippen LogP contribution in [0, 0.1) is 0 Å². The van der Waals surface area contributed by atoms with E-state index in [9.17, 15) is 0 Å². The third-order valence-corrected chi connectivity index (χ3v) is 2.56. The van der Waals surface area contributed by atoms with Crippen LogP contribution in [0.15, 0.2) is 29.4 Å². The van der Waals surface area contributed by atoms with Crippen molar-refractivity contribution in [1.82, 2.24) is 0 Å². The van der Waals surface area contributed by atoms with Gasteiger partial charge >= 0.3 is 0 Å². The van der Waals surface area contributed by atoms with Gasteiger partial charge in [-0.25, -0.2) is 0 Å². The number of aliphatic hydroxyl groups excluding tert-OH is 1. The zero-order valence-electron chi connectivity index (χ0n) is 9.22. The highest BCUT2D eigenvalue weighted by Crippen LogP contribution is 2.19. The second-order valence-electron chi connectivity index (χ2n) is 3.74. The predicted molar refractivity (Wildman–Crippen MR) is 60.3 cm³/mol. The maximum Gasteiger partial charge on any atom is 0.156 e. The average molecular weight is 221 g/mol. The summed E-state index contributed by atoms with van der Waals surface area (Å²) in [5.74, 6) is 0. The predicted octanol–water partition coefficient (Wildman–Crippen LogP) is 1.32. The monoisotopic (exact) mass is 221 g/mol. The Morgan fingerprint density at radius 3 is 3.00 bits per heavy atom. The van der Waals surface area contributed by atoms with Gasteiger partial charge in [0.2, 0.25) is 0 Å². The van der Waals surface area contributed by atoms with E-state index >= 15 is 0 Å². The largest absolute Gasteiger partial charge is 0.392 e. The SMILES string of the molecule is COCc1ccccc1C1=NOC(CO)C1. The van der Waals surface area contributed by atoms with E-state index < -0.39 is 0 Å². The van der Waals surface area contributed by atoms with Crippen LogP contribution < -0.4 is 0 Å². The molecule has 1 aliphatic rings. The molecular weight excluding hydrogens is 206 g/mol. The van der Waals surface area contributed by atoms with E-state index in [0.29, 0.717) is 13.0 Å². The maximum atomic E-state index is 8.98. The quantitative estimate of drug-likeness (QED) is 0.834. The number of methoxy groups -OCH3 is 1. The highest BCUT2D eigenvalue weighted by molar-refractivity contribution is 6.02. The van der Waals surface area contributed by atoms with Gasteiger partial charge in [-0.1, -0.05) is 29.4 Å². The number of benzene rings is 1. The minimum Gasteiger partial charge on any atom is -0.392 e. The van der Waals surface area contributed by atoms with Crippen molar-refractivity contribution >= 4 is 5.71 Å². The lowest BCUT2D eigenvalue weighted by Crippen LogP contribution is -2.13. The first-order chi connectivity index (χ1) is 7.85. The van der Waals surface area contributed by atoms with Crippen LogP contribution in [0.4, 0.5) is 0 Å². The van der Waals surface area contributed by atoms with Crippen LogP contribution in [0.3, 0.4) is 0 Å². The summed E-state index contributed by atoms with van der Waals surface area (Å²) in [7, 11) is 1.67. The lowest BCUT2D eigenvalue weighted by atomic mass is 10.00. The topological polar surface area (TPSA) is 51.0 Å². The molecule has 1 aromatic rings. The molecule has 4 nitrogen and oxygen atoms in total. The van der Waals surface area contributed by atoms with Crippen molar-refractivity contribution in [3.05, 3.63) is 35.4 Å². The molecular formula is C12H15NO3. The molecule has 86 valence electrons. The zero-order chi connectivity index (χ0) is 11.4. The normalized spacial score (nSPS) is 19.4. The Bertz CT molecular complexity index is 390. The Hall–Kier alpha value is -1.39. The smallest absolute Gasteiger partial charge is 0.156 e. The summed E-state index contributed by atoms with van der Waals surface area (Å²) < 4.78 is 5.14. The first-order valence-corrected chi connectivity index (χ1v) is 5.26. The first-order valence-electron chi connectivity index (χ1n) is 5.26. The van der Waals surface area contributed by atoms with Crippen LogP contribution in [-0.2, 0) is 16.2 Å². The third kappa shape index (κ3) is 2.23. The van der Waals surface area contributed by atoms with E-state index in [0.717, 1.165) is 16.8 Å². The zero-order valence-corrected chi connectivity index (χ0v) is 9.22. The van der Waals surface area contributed by atoms with Crippen molar-refractivity contribution in [2.75, 3.05) is 13.7 Å².